The highest BCUT2D eigenvalue weighted by atomic mass is 35.5. The van der Waals surface area contributed by atoms with Gasteiger partial charge in [-0.2, -0.15) is 0 Å². The first kappa shape index (κ1) is 20.9. The number of likely N-dealkylation sites (tertiary alicyclic amines) is 1. The number of amides is 1. The van der Waals surface area contributed by atoms with Gasteiger partial charge in [-0.3, -0.25) is 9.69 Å². The third-order valence-corrected chi connectivity index (χ3v) is 6.43. The van der Waals surface area contributed by atoms with Gasteiger partial charge in [-0.1, -0.05) is 41.9 Å². The fourth-order valence-corrected chi connectivity index (χ4v) is 4.53. The molecule has 1 aliphatic rings. The molecule has 0 aliphatic carbocycles. The lowest BCUT2D eigenvalue weighted by Crippen LogP contribution is -2.36. The summed E-state index contributed by atoms with van der Waals surface area (Å²) in [6.07, 6.45) is 3.86. The van der Waals surface area contributed by atoms with Crippen LogP contribution in [0.25, 0.3) is 11.0 Å². The van der Waals surface area contributed by atoms with E-state index in [1.54, 1.807) is 0 Å². The predicted molar refractivity (Wildman–Crippen MR) is 121 cm³/mol. The fourth-order valence-electron chi connectivity index (χ4n) is 4.33. The van der Waals surface area contributed by atoms with Gasteiger partial charge in [-0.25, -0.2) is 4.98 Å². The highest BCUT2D eigenvalue weighted by Crippen LogP contribution is 2.23. The van der Waals surface area contributed by atoms with Gasteiger partial charge < -0.3 is 9.88 Å². The Bertz CT molecular complexity index is 1020. The summed E-state index contributed by atoms with van der Waals surface area (Å²) in [5.74, 6) is 1.76. The summed E-state index contributed by atoms with van der Waals surface area (Å²) in [6, 6.07) is 15.9. The molecule has 1 atom stereocenters. The van der Waals surface area contributed by atoms with Crippen LogP contribution in [-0.2, 0) is 24.9 Å². The van der Waals surface area contributed by atoms with Gasteiger partial charge in [-0.15, -0.1) is 0 Å². The summed E-state index contributed by atoms with van der Waals surface area (Å²) in [4.78, 5) is 19.6. The average Bonchev–Trinajstić information content (AvgIpc) is 3.07. The van der Waals surface area contributed by atoms with Crippen LogP contribution < -0.4 is 5.32 Å². The van der Waals surface area contributed by atoms with Gasteiger partial charge in [0.25, 0.3) is 0 Å². The van der Waals surface area contributed by atoms with E-state index >= 15 is 0 Å². The number of para-hydroxylation sites is 2. The Balaban J connectivity index is 1.26. The molecule has 2 aromatic carbocycles. The second-order valence-electron chi connectivity index (χ2n) is 8.23. The van der Waals surface area contributed by atoms with Crippen LogP contribution in [0.5, 0.6) is 0 Å². The first-order chi connectivity index (χ1) is 14.6. The molecule has 1 fully saturated rings. The number of imidazole rings is 1. The third kappa shape index (κ3) is 5.02. The molecule has 6 heteroatoms. The number of halogens is 1. The highest BCUT2D eigenvalue weighted by Gasteiger charge is 2.22. The van der Waals surface area contributed by atoms with Crippen LogP contribution in [-0.4, -0.2) is 33.4 Å². The molecule has 3 aromatic rings. The van der Waals surface area contributed by atoms with Crippen LogP contribution in [0.2, 0.25) is 5.02 Å². The zero-order valence-corrected chi connectivity index (χ0v) is 18.2. The molecule has 0 bridgehead atoms. The SMILES string of the molecule is Cn1c(CN2CCC[C@H](CCC(=O)NCc3ccccc3Cl)C2)nc2ccccc21. The van der Waals surface area contributed by atoms with Crippen molar-refractivity contribution in [1.29, 1.82) is 0 Å². The Morgan fingerprint density at radius 3 is 2.83 bits per heavy atom. The molecule has 2 heterocycles. The Morgan fingerprint density at radius 2 is 2.00 bits per heavy atom. The molecular formula is C24H29ClN4O. The van der Waals surface area contributed by atoms with Crippen LogP contribution in [0.4, 0.5) is 0 Å². The molecule has 1 aliphatic heterocycles. The highest BCUT2D eigenvalue weighted by molar-refractivity contribution is 6.31. The smallest absolute Gasteiger partial charge is 0.220 e. The molecule has 1 amide bonds. The number of piperidine rings is 1. The van der Waals surface area contributed by atoms with Gasteiger partial charge in [0, 0.05) is 31.6 Å². The van der Waals surface area contributed by atoms with E-state index in [1.165, 1.54) is 18.4 Å². The van der Waals surface area contributed by atoms with Crippen molar-refractivity contribution in [2.75, 3.05) is 13.1 Å². The standard InChI is InChI=1S/C24H29ClN4O/c1-28-22-11-5-4-10-21(22)27-23(28)17-29-14-6-7-18(16-29)12-13-24(30)26-15-19-8-2-3-9-20(19)25/h2-5,8-11,18H,6-7,12-17H2,1H3,(H,26,30)/t18-/m1/s1. The number of benzene rings is 2. The third-order valence-electron chi connectivity index (χ3n) is 6.06. The Labute approximate surface area is 183 Å². The van der Waals surface area contributed by atoms with Crippen molar-refractivity contribution in [3.8, 4) is 0 Å². The second kappa shape index (κ2) is 9.63. The van der Waals surface area contributed by atoms with Gasteiger partial charge >= 0.3 is 0 Å². The van der Waals surface area contributed by atoms with E-state index in [9.17, 15) is 4.79 Å². The quantitative estimate of drug-likeness (QED) is 0.606. The Hall–Kier alpha value is -2.37. The minimum atomic E-state index is 0.0994. The summed E-state index contributed by atoms with van der Waals surface area (Å²) in [5, 5.41) is 3.70. The summed E-state index contributed by atoms with van der Waals surface area (Å²) in [5.41, 5.74) is 3.19. The molecular weight excluding hydrogens is 396 g/mol. The minimum Gasteiger partial charge on any atom is -0.352 e. The van der Waals surface area contributed by atoms with E-state index in [1.807, 2.05) is 30.3 Å². The minimum absolute atomic E-state index is 0.0994. The molecule has 0 unspecified atom stereocenters. The van der Waals surface area contributed by atoms with Crippen LogP contribution in [0.1, 0.15) is 37.1 Å². The molecule has 1 saturated heterocycles. The number of carbonyl (C=O) groups is 1. The van der Waals surface area contributed by atoms with Crippen molar-refractivity contribution in [3.05, 3.63) is 64.9 Å². The zero-order valence-electron chi connectivity index (χ0n) is 17.5. The molecule has 5 nitrogen and oxygen atoms in total. The first-order valence-corrected chi connectivity index (χ1v) is 11.1. The lowest BCUT2D eigenvalue weighted by Gasteiger charge is -2.32. The maximum atomic E-state index is 12.3. The monoisotopic (exact) mass is 424 g/mol. The molecule has 0 saturated carbocycles. The fraction of sp³-hybridized carbons (Fsp3) is 0.417. The Kier molecular flexibility index (Phi) is 6.70. The van der Waals surface area contributed by atoms with Gasteiger partial charge in [0.1, 0.15) is 5.82 Å². The van der Waals surface area contributed by atoms with E-state index in [0.29, 0.717) is 23.9 Å². The first-order valence-electron chi connectivity index (χ1n) is 10.7. The van der Waals surface area contributed by atoms with Crippen LogP contribution >= 0.6 is 11.6 Å². The normalized spacial score (nSPS) is 17.3. The summed E-state index contributed by atoms with van der Waals surface area (Å²) < 4.78 is 2.20. The van der Waals surface area contributed by atoms with Crippen molar-refractivity contribution in [2.24, 2.45) is 13.0 Å². The Morgan fingerprint density at radius 1 is 1.20 bits per heavy atom. The maximum Gasteiger partial charge on any atom is 0.220 e. The van der Waals surface area contributed by atoms with Gasteiger partial charge in [0.15, 0.2) is 0 Å². The number of aromatic nitrogens is 2. The lowest BCUT2D eigenvalue weighted by atomic mass is 9.93. The molecule has 158 valence electrons. The topological polar surface area (TPSA) is 50.2 Å². The number of aryl methyl sites for hydroxylation is 1. The van der Waals surface area contributed by atoms with E-state index in [-0.39, 0.29) is 5.91 Å². The van der Waals surface area contributed by atoms with Gasteiger partial charge in [0.2, 0.25) is 5.91 Å². The molecule has 1 N–H and O–H groups in total. The molecule has 0 spiro atoms. The van der Waals surface area contributed by atoms with Crippen molar-refractivity contribution >= 4 is 28.5 Å². The maximum absolute atomic E-state index is 12.3. The molecule has 30 heavy (non-hydrogen) atoms. The van der Waals surface area contributed by atoms with E-state index in [0.717, 1.165) is 43.0 Å². The number of rotatable bonds is 7. The predicted octanol–water partition coefficient (Wildman–Crippen LogP) is 4.54. The van der Waals surface area contributed by atoms with E-state index in [4.69, 9.17) is 16.6 Å². The number of fused-ring (bicyclic) bond motifs is 1. The van der Waals surface area contributed by atoms with Crippen LogP contribution in [0, 0.1) is 5.92 Å². The zero-order chi connectivity index (χ0) is 20.9. The van der Waals surface area contributed by atoms with Crippen molar-refractivity contribution in [3.63, 3.8) is 0 Å². The summed E-state index contributed by atoms with van der Waals surface area (Å²) in [7, 11) is 2.09. The van der Waals surface area contributed by atoms with Crippen molar-refractivity contribution < 1.29 is 4.79 Å². The summed E-state index contributed by atoms with van der Waals surface area (Å²) in [6.45, 7) is 3.47. The van der Waals surface area contributed by atoms with Crippen LogP contribution in [0.3, 0.4) is 0 Å². The van der Waals surface area contributed by atoms with E-state index < -0.39 is 0 Å². The molecule has 0 radical (unpaired) electrons. The van der Waals surface area contributed by atoms with Crippen molar-refractivity contribution in [1.82, 2.24) is 19.8 Å². The average molecular weight is 425 g/mol. The van der Waals surface area contributed by atoms with Crippen LogP contribution in [0.15, 0.2) is 48.5 Å². The number of carbonyl (C=O) groups excluding carboxylic acids is 1. The summed E-state index contributed by atoms with van der Waals surface area (Å²) >= 11 is 6.16. The van der Waals surface area contributed by atoms with Gasteiger partial charge in [-0.05, 0) is 55.5 Å². The van der Waals surface area contributed by atoms with Gasteiger partial charge in [0.05, 0.1) is 17.6 Å². The number of nitrogens with zero attached hydrogens (tertiary/aromatic N) is 3. The number of hydrogen-bond acceptors (Lipinski definition) is 3. The molecule has 1 aromatic heterocycles. The van der Waals surface area contributed by atoms with E-state index in [2.05, 4.69) is 40.0 Å². The number of hydrogen-bond donors (Lipinski definition) is 1. The second-order valence-corrected chi connectivity index (χ2v) is 8.63. The largest absolute Gasteiger partial charge is 0.352 e. The van der Waals surface area contributed by atoms with Crippen molar-refractivity contribution in [2.45, 2.75) is 38.8 Å². The molecule has 4 rings (SSSR count). The lowest BCUT2D eigenvalue weighted by molar-refractivity contribution is -0.121. The number of nitrogens with one attached hydrogen (secondary N) is 1.